The summed E-state index contributed by atoms with van der Waals surface area (Å²) in [5.74, 6) is -1.81. The first-order chi connectivity index (χ1) is 13.7. The van der Waals surface area contributed by atoms with Crippen LogP contribution in [0.25, 0.3) is 6.08 Å². The molecule has 29 heavy (non-hydrogen) atoms. The molecule has 0 aromatic heterocycles. The molecule has 3 rings (SSSR count). The average Bonchev–Trinajstić information content (AvgIpc) is 2.66. The summed E-state index contributed by atoms with van der Waals surface area (Å²) >= 11 is 12.1. The smallest absolute Gasteiger partial charge is 0.335 e. The largest absolute Gasteiger partial charge is 0.503 e. The van der Waals surface area contributed by atoms with Crippen molar-refractivity contribution in [3.05, 3.63) is 57.1 Å². The standard InChI is InChI=1S/C20H16Cl2N2O5/c1-3-29-16-9-11(8-14(22)17(16)25)7-12-18(26)23-20(28)24(19(12)27)15-6-4-5-13(21)10(15)2/h4-9,25H,3H2,1-2H3,(H,23,26,28). The molecule has 0 spiro atoms. The highest BCUT2D eigenvalue weighted by atomic mass is 35.5. The molecule has 150 valence electrons. The van der Waals surface area contributed by atoms with Crippen LogP contribution in [0.2, 0.25) is 10.0 Å². The maximum Gasteiger partial charge on any atom is 0.335 e. The zero-order chi connectivity index (χ0) is 21.3. The van der Waals surface area contributed by atoms with Crippen molar-refractivity contribution in [2.75, 3.05) is 11.5 Å². The highest BCUT2D eigenvalue weighted by molar-refractivity contribution is 6.40. The molecule has 1 fully saturated rings. The number of rotatable bonds is 4. The maximum absolute atomic E-state index is 13.0. The summed E-state index contributed by atoms with van der Waals surface area (Å²) in [6, 6.07) is 6.71. The fourth-order valence-electron chi connectivity index (χ4n) is 2.82. The van der Waals surface area contributed by atoms with Gasteiger partial charge in [-0.05, 0) is 55.3 Å². The number of benzene rings is 2. The minimum absolute atomic E-state index is 0.00918. The summed E-state index contributed by atoms with van der Waals surface area (Å²) in [5.41, 5.74) is 0.829. The van der Waals surface area contributed by atoms with E-state index in [1.54, 1.807) is 32.0 Å². The van der Waals surface area contributed by atoms with E-state index in [-0.39, 0.29) is 34.4 Å². The molecule has 0 bridgehead atoms. The number of carbonyl (C=O) groups is 3. The summed E-state index contributed by atoms with van der Waals surface area (Å²) in [6.45, 7) is 3.67. The fraction of sp³-hybridized carbons (Fsp3) is 0.150. The third-order valence-corrected chi connectivity index (χ3v) is 4.94. The molecule has 2 N–H and O–H groups in total. The number of ether oxygens (including phenoxy) is 1. The Morgan fingerprint density at radius 1 is 1.17 bits per heavy atom. The van der Waals surface area contributed by atoms with Gasteiger partial charge in [-0.25, -0.2) is 9.69 Å². The first kappa shape index (κ1) is 20.7. The van der Waals surface area contributed by atoms with Gasteiger partial charge in [-0.3, -0.25) is 14.9 Å². The van der Waals surface area contributed by atoms with Gasteiger partial charge >= 0.3 is 6.03 Å². The molecule has 2 aromatic rings. The number of barbiturate groups is 1. The van der Waals surface area contributed by atoms with Crippen LogP contribution in [0.5, 0.6) is 11.5 Å². The van der Waals surface area contributed by atoms with Gasteiger partial charge in [-0.2, -0.15) is 0 Å². The Morgan fingerprint density at radius 3 is 2.59 bits per heavy atom. The lowest BCUT2D eigenvalue weighted by molar-refractivity contribution is -0.122. The number of halogens is 2. The molecule has 4 amide bonds. The molecule has 0 unspecified atom stereocenters. The van der Waals surface area contributed by atoms with Gasteiger partial charge in [-0.15, -0.1) is 0 Å². The molecule has 1 aliphatic heterocycles. The lowest BCUT2D eigenvalue weighted by atomic mass is 10.1. The molecular formula is C20H16Cl2N2O5. The number of phenols is 1. The SMILES string of the molecule is CCOc1cc(C=C2C(=O)NC(=O)N(c3cccc(Cl)c3C)C2=O)cc(Cl)c1O. The molecule has 1 aliphatic rings. The lowest BCUT2D eigenvalue weighted by Gasteiger charge is -2.27. The molecule has 0 atom stereocenters. The second kappa shape index (κ2) is 8.14. The Labute approximate surface area is 176 Å². The van der Waals surface area contributed by atoms with Gasteiger partial charge in [0.1, 0.15) is 5.57 Å². The van der Waals surface area contributed by atoms with Crippen molar-refractivity contribution in [2.24, 2.45) is 0 Å². The second-order valence-electron chi connectivity index (χ2n) is 6.12. The number of nitrogens with zero attached hydrogens (tertiary/aromatic N) is 1. The van der Waals surface area contributed by atoms with Crippen LogP contribution < -0.4 is 15.0 Å². The van der Waals surface area contributed by atoms with E-state index in [0.29, 0.717) is 16.1 Å². The number of hydrogen-bond acceptors (Lipinski definition) is 5. The molecular weight excluding hydrogens is 419 g/mol. The minimum Gasteiger partial charge on any atom is -0.503 e. The normalized spacial score (nSPS) is 15.7. The average molecular weight is 435 g/mol. The van der Waals surface area contributed by atoms with Crippen LogP contribution in [0.3, 0.4) is 0 Å². The van der Waals surface area contributed by atoms with Gasteiger partial charge in [-0.1, -0.05) is 29.3 Å². The number of anilines is 1. The molecule has 7 nitrogen and oxygen atoms in total. The third-order valence-electron chi connectivity index (χ3n) is 4.24. The van der Waals surface area contributed by atoms with E-state index in [0.717, 1.165) is 4.90 Å². The zero-order valence-corrected chi connectivity index (χ0v) is 17.0. The number of phenolic OH excluding ortho intramolecular Hbond substituents is 1. The number of amides is 4. The van der Waals surface area contributed by atoms with Crippen molar-refractivity contribution in [1.29, 1.82) is 0 Å². The predicted octanol–water partition coefficient (Wildman–Crippen LogP) is 4.07. The fourth-order valence-corrected chi connectivity index (χ4v) is 3.21. The van der Waals surface area contributed by atoms with Crippen molar-refractivity contribution in [2.45, 2.75) is 13.8 Å². The van der Waals surface area contributed by atoms with Crippen molar-refractivity contribution >= 4 is 52.8 Å². The van der Waals surface area contributed by atoms with E-state index < -0.39 is 17.8 Å². The van der Waals surface area contributed by atoms with Crippen LogP contribution in [0.4, 0.5) is 10.5 Å². The first-order valence-electron chi connectivity index (χ1n) is 8.56. The molecule has 1 heterocycles. The summed E-state index contributed by atoms with van der Waals surface area (Å²) in [5, 5.41) is 12.5. The molecule has 0 saturated carbocycles. The topological polar surface area (TPSA) is 95.9 Å². The quantitative estimate of drug-likeness (QED) is 0.558. The summed E-state index contributed by atoms with van der Waals surface area (Å²) in [7, 11) is 0. The zero-order valence-electron chi connectivity index (χ0n) is 15.5. The van der Waals surface area contributed by atoms with Gasteiger partial charge in [0.25, 0.3) is 11.8 Å². The Balaban J connectivity index is 2.08. The maximum atomic E-state index is 13.0. The van der Waals surface area contributed by atoms with Crippen LogP contribution in [0, 0.1) is 6.92 Å². The van der Waals surface area contributed by atoms with E-state index in [1.807, 2.05) is 0 Å². The number of aromatic hydroxyl groups is 1. The number of nitrogens with one attached hydrogen (secondary N) is 1. The van der Waals surface area contributed by atoms with Crippen LogP contribution in [0.1, 0.15) is 18.1 Å². The van der Waals surface area contributed by atoms with E-state index in [2.05, 4.69) is 5.32 Å². The molecule has 9 heteroatoms. The van der Waals surface area contributed by atoms with Gasteiger partial charge < -0.3 is 9.84 Å². The number of imide groups is 2. The Bertz CT molecular complexity index is 1070. The van der Waals surface area contributed by atoms with Crippen molar-refractivity contribution in [3.63, 3.8) is 0 Å². The molecule has 1 saturated heterocycles. The van der Waals surface area contributed by atoms with Crippen LogP contribution in [-0.4, -0.2) is 29.6 Å². The van der Waals surface area contributed by atoms with Crippen LogP contribution in [0.15, 0.2) is 35.9 Å². The summed E-state index contributed by atoms with van der Waals surface area (Å²) in [4.78, 5) is 38.5. The van der Waals surface area contributed by atoms with Crippen LogP contribution in [-0.2, 0) is 9.59 Å². The summed E-state index contributed by atoms with van der Waals surface area (Å²) in [6.07, 6.45) is 1.27. The number of carbonyl (C=O) groups excluding carboxylic acids is 3. The van der Waals surface area contributed by atoms with E-state index in [1.165, 1.54) is 18.2 Å². The van der Waals surface area contributed by atoms with Gasteiger partial charge in [0.2, 0.25) is 0 Å². The number of urea groups is 1. The monoisotopic (exact) mass is 434 g/mol. The molecule has 0 aliphatic carbocycles. The summed E-state index contributed by atoms with van der Waals surface area (Å²) < 4.78 is 5.31. The van der Waals surface area contributed by atoms with E-state index >= 15 is 0 Å². The van der Waals surface area contributed by atoms with Crippen molar-refractivity contribution in [1.82, 2.24) is 5.32 Å². The number of hydrogen-bond donors (Lipinski definition) is 2. The Hall–Kier alpha value is -3.03. The molecule has 2 aromatic carbocycles. The minimum atomic E-state index is -0.874. The first-order valence-corrected chi connectivity index (χ1v) is 9.32. The van der Waals surface area contributed by atoms with E-state index in [9.17, 15) is 19.5 Å². The highest BCUT2D eigenvalue weighted by Gasteiger charge is 2.37. The highest BCUT2D eigenvalue weighted by Crippen LogP contribution is 2.36. The van der Waals surface area contributed by atoms with Gasteiger partial charge in [0.05, 0.1) is 17.3 Å². The lowest BCUT2D eigenvalue weighted by Crippen LogP contribution is -2.54. The van der Waals surface area contributed by atoms with Crippen LogP contribution >= 0.6 is 23.2 Å². The Morgan fingerprint density at radius 2 is 1.90 bits per heavy atom. The second-order valence-corrected chi connectivity index (χ2v) is 6.94. The van der Waals surface area contributed by atoms with Gasteiger partial charge in [0, 0.05) is 5.02 Å². The van der Waals surface area contributed by atoms with E-state index in [4.69, 9.17) is 27.9 Å². The third kappa shape index (κ3) is 3.92. The Kier molecular flexibility index (Phi) is 5.81. The van der Waals surface area contributed by atoms with Crippen molar-refractivity contribution in [3.8, 4) is 11.5 Å². The van der Waals surface area contributed by atoms with Gasteiger partial charge in [0.15, 0.2) is 11.5 Å². The molecule has 0 radical (unpaired) electrons. The predicted molar refractivity (Wildman–Crippen MR) is 109 cm³/mol. The van der Waals surface area contributed by atoms with Crippen molar-refractivity contribution < 1.29 is 24.2 Å².